The first-order valence-corrected chi connectivity index (χ1v) is 9.98. The average Bonchev–Trinajstić information content (AvgIpc) is 2.89. The van der Waals surface area contributed by atoms with Crippen LogP contribution in [0, 0.1) is 28.6 Å². The third kappa shape index (κ3) is 2.31. The van der Waals surface area contributed by atoms with Gasteiger partial charge < -0.3 is 4.74 Å². The van der Waals surface area contributed by atoms with Crippen LogP contribution < -0.4 is 0 Å². The van der Waals surface area contributed by atoms with Crippen molar-refractivity contribution in [2.75, 3.05) is 0 Å². The van der Waals surface area contributed by atoms with Gasteiger partial charge in [0.2, 0.25) is 0 Å². The lowest BCUT2D eigenvalue weighted by atomic mass is 9.49. The second-order valence-electron chi connectivity index (χ2n) is 9.24. The fourth-order valence-electron chi connectivity index (χ4n) is 6.71. The van der Waals surface area contributed by atoms with E-state index >= 15 is 0 Å². The molecule has 5 unspecified atom stereocenters. The summed E-state index contributed by atoms with van der Waals surface area (Å²) in [6.45, 7) is 7.34. The molecule has 144 valence electrons. The Balaban J connectivity index is 1.76. The number of carbonyl (C=O) groups excluding carboxylic acids is 3. The normalized spacial score (nSPS) is 44.8. The smallest absolute Gasteiger partial charge is 0.303 e. The molecule has 0 radical (unpaired) electrons. The number of ketones is 2. The summed E-state index contributed by atoms with van der Waals surface area (Å²) in [5.74, 6) is 0.657. The van der Waals surface area contributed by atoms with E-state index in [1.165, 1.54) is 6.92 Å². The zero-order chi connectivity index (χ0) is 19.6. The molecule has 4 aliphatic rings. The molecule has 0 aliphatic heterocycles. The van der Waals surface area contributed by atoms with Gasteiger partial charge in [0.15, 0.2) is 17.2 Å². The fourth-order valence-corrected chi connectivity index (χ4v) is 6.71. The van der Waals surface area contributed by atoms with E-state index in [0.717, 1.165) is 24.8 Å². The molecule has 2 fully saturated rings. The first-order valence-electron chi connectivity index (χ1n) is 9.98. The van der Waals surface area contributed by atoms with Gasteiger partial charge in [0.1, 0.15) is 0 Å². The molecule has 27 heavy (non-hydrogen) atoms. The Morgan fingerprint density at radius 1 is 1.07 bits per heavy atom. The molecule has 6 atom stereocenters. The van der Waals surface area contributed by atoms with Crippen LogP contribution in [0.15, 0.2) is 36.0 Å². The van der Waals surface area contributed by atoms with E-state index in [2.05, 4.69) is 32.1 Å². The van der Waals surface area contributed by atoms with E-state index in [1.807, 2.05) is 0 Å². The maximum Gasteiger partial charge on any atom is 0.303 e. The van der Waals surface area contributed by atoms with Crippen LogP contribution in [-0.4, -0.2) is 23.1 Å². The predicted octanol–water partition coefficient (Wildman–Crippen LogP) is 3.96. The Labute approximate surface area is 160 Å². The van der Waals surface area contributed by atoms with E-state index in [0.29, 0.717) is 24.2 Å². The first-order chi connectivity index (χ1) is 12.6. The number of hydrogen-bond acceptors (Lipinski definition) is 4. The highest BCUT2D eigenvalue weighted by Gasteiger charge is 2.67. The van der Waals surface area contributed by atoms with Crippen molar-refractivity contribution >= 4 is 17.5 Å². The van der Waals surface area contributed by atoms with Gasteiger partial charge in [-0.1, -0.05) is 32.1 Å². The van der Waals surface area contributed by atoms with E-state index in [9.17, 15) is 14.4 Å². The van der Waals surface area contributed by atoms with Crippen LogP contribution in [0.1, 0.15) is 53.4 Å². The molecule has 4 aliphatic carbocycles. The SMILES string of the molecule is CC(=O)O[C@]1(C(C)=O)CCC2C3C=CC4=CC(=O)C=CC4(C)C3CCC21C. The van der Waals surface area contributed by atoms with Crippen molar-refractivity contribution in [1.29, 1.82) is 0 Å². The Morgan fingerprint density at radius 3 is 2.44 bits per heavy atom. The van der Waals surface area contributed by atoms with Gasteiger partial charge in [-0.05, 0) is 68.1 Å². The van der Waals surface area contributed by atoms with Gasteiger partial charge in [-0.2, -0.15) is 0 Å². The molecule has 0 N–H and O–H groups in total. The number of allylic oxidation sites excluding steroid dienone is 6. The second-order valence-corrected chi connectivity index (χ2v) is 9.24. The third-order valence-electron chi connectivity index (χ3n) is 8.12. The quantitative estimate of drug-likeness (QED) is 0.692. The van der Waals surface area contributed by atoms with Crippen molar-refractivity contribution in [2.45, 2.75) is 59.0 Å². The van der Waals surface area contributed by atoms with Crippen LogP contribution in [-0.2, 0) is 19.1 Å². The van der Waals surface area contributed by atoms with Crippen LogP contribution in [0.3, 0.4) is 0 Å². The van der Waals surface area contributed by atoms with Crippen LogP contribution in [0.2, 0.25) is 0 Å². The Bertz CT molecular complexity index is 818. The van der Waals surface area contributed by atoms with Crippen LogP contribution in [0.5, 0.6) is 0 Å². The highest BCUT2D eigenvalue weighted by molar-refractivity contribution is 6.01. The summed E-state index contributed by atoms with van der Waals surface area (Å²) >= 11 is 0. The number of Topliss-reactive ketones (excluding diaryl/α,β-unsaturated/α-hetero) is 1. The summed E-state index contributed by atoms with van der Waals surface area (Å²) in [7, 11) is 0. The van der Waals surface area contributed by atoms with E-state index in [-0.39, 0.29) is 28.4 Å². The molecular formula is C23H28O4. The standard InChI is InChI=1S/C23H28O4/c1-14(24)23(27-15(2)25)12-9-20-18-6-5-16-13-17(26)7-10-21(16,3)19(18)8-11-22(20,23)4/h5-7,10,13,18-20H,8-9,11-12H2,1-4H3/t18?,19?,20?,21?,22?,23-/m0/s1. The van der Waals surface area contributed by atoms with Gasteiger partial charge in [-0.15, -0.1) is 0 Å². The number of hydrogen-bond donors (Lipinski definition) is 0. The monoisotopic (exact) mass is 368 g/mol. The third-order valence-corrected chi connectivity index (χ3v) is 8.12. The van der Waals surface area contributed by atoms with Crippen molar-refractivity contribution in [1.82, 2.24) is 0 Å². The topological polar surface area (TPSA) is 60.4 Å². The van der Waals surface area contributed by atoms with Crippen molar-refractivity contribution < 1.29 is 19.1 Å². The minimum Gasteiger partial charge on any atom is -0.451 e. The molecular weight excluding hydrogens is 340 g/mol. The van der Waals surface area contributed by atoms with Gasteiger partial charge in [0, 0.05) is 17.8 Å². The highest BCUT2D eigenvalue weighted by Crippen LogP contribution is 2.66. The van der Waals surface area contributed by atoms with Crippen LogP contribution >= 0.6 is 0 Å². The fraction of sp³-hybridized carbons (Fsp3) is 0.609. The van der Waals surface area contributed by atoms with Crippen LogP contribution in [0.25, 0.3) is 0 Å². The van der Waals surface area contributed by atoms with Crippen LogP contribution in [0.4, 0.5) is 0 Å². The minimum atomic E-state index is -1.00. The maximum atomic E-state index is 12.7. The molecule has 0 aromatic carbocycles. The molecule has 0 spiro atoms. The van der Waals surface area contributed by atoms with Gasteiger partial charge >= 0.3 is 5.97 Å². The van der Waals surface area contributed by atoms with Gasteiger partial charge in [0.25, 0.3) is 0 Å². The van der Waals surface area contributed by atoms with Crippen molar-refractivity contribution in [3.63, 3.8) is 0 Å². The summed E-state index contributed by atoms with van der Waals surface area (Å²) in [6, 6.07) is 0. The molecule has 0 aromatic heterocycles. The average molecular weight is 368 g/mol. The van der Waals surface area contributed by atoms with Crippen molar-refractivity contribution in [3.05, 3.63) is 36.0 Å². The number of carbonyl (C=O) groups is 3. The lowest BCUT2D eigenvalue weighted by Gasteiger charge is -2.56. The van der Waals surface area contributed by atoms with Crippen molar-refractivity contribution in [3.8, 4) is 0 Å². The molecule has 0 heterocycles. The molecule has 0 bridgehead atoms. The number of fused-ring (bicyclic) bond motifs is 5. The zero-order valence-electron chi connectivity index (χ0n) is 16.6. The van der Waals surface area contributed by atoms with Gasteiger partial charge in [-0.25, -0.2) is 0 Å². The molecule has 0 amide bonds. The second kappa shape index (κ2) is 5.76. The largest absolute Gasteiger partial charge is 0.451 e. The lowest BCUT2D eigenvalue weighted by Crippen LogP contribution is -2.57. The highest BCUT2D eigenvalue weighted by atomic mass is 16.6. The molecule has 4 rings (SSSR count). The molecule has 0 saturated heterocycles. The number of rotatable bonds is 2. The Kier molecular flexibility index (Phi) is 3.93. The number of esters is 1. The first kappa shape index (κ1) is 18.4. The molecule has 4 heteroatoms. The van der Waals surface area contributed by atoms with E-state index in [1.54, 1.807) is 19.1 Å². The maximum absolute atomic E-state index is 12.7. The molecule has 4 nitrogen and oxygen atoms in total. The van der Waals surface area contributed by atoms with Crippen molar-refractivity contribution in [2.24, 2.45) is 28.6 Å². The molecule has 2 saturated carbocycles. The lowest BCUT2D eigenvalue weighted by molar-refractivity contribution is -0.184. The number of ether oxygens (including phenoxy) is 1. The summed E-state index contributed by atoms with van der Waals surface area (Å²) < 4.78 is 5.78. The van der Waals surface area contributed by atoms with Gasteiger partial charge in [0.05, 0.1) is 0 Å². The van der Waals surface area contributed by atoms with E-state index < -0.39 is 5.60 Å². The zero-order valence-corrected chi connectivity index (χ0v) is 16.6. The Morgan fingerprint density at radius 2 is 1.78 bits per heavy atom. The summed E-state index contributed by atoms with van der Waals surface area (Å²) in [5, 5.41) is 0. The Hall–Kier alpha value is -1.97. The predicted molar refractivity (Wildman–Crippen MR) is 102 cm³/mol. The van der Waals surface area contributed by atoms with Gasteiger partial charge in [-0.3, -0.25) is 14.4 Å². The van der Waals surface area contributed by atoms with E-state index in [4.69, 9.17) is 4.74 Å². The summed E-state index contributed by atoms with van der Waals surface area (Å²) in [6.07, 6.45) is 13.2. The summed E-state index contributed by atoms with van der Waals surface area (Å²) in [4.78, 5) is 36.4. The summed E-state index contributed by atoms with van der Waals surface area (Å²) in [5.41, 5.74) is -0.396. The minimum absolute atomic E-state index is 0.0316. The molecule has 0 aromatic rings.